The van der Waals surface area contributed by atoms with Crippen molar-refractivity contribution < 1.29 is 9.90 Å². The van der Waals surface area contributed by atoms with Crippen LogP contribution in [-0.2, 0) is 19.4 Å². The third kappa shape index (κ3) is 3.20. The van der Waals surface area contributed by atoms with E-state index < -0.39 is 6.09 Å². The maximum absolute atomic E-state index is 11.3. The molecule has 5 nitrogen and oxygen atoms in total. The second kappa shape index (κ2) is 7.04. The zero-order valence-electron chi connectivity index (χ0n) is 14.5. The van der Waals surface area contributed by atoms with Crippen LogP contribution in [0.25, 0.3) is 11.3 Å². The summed E-state index contributed by atoms with van der Waals surface area (Å²) in [6, 6.07) is 20.6. The molecule has 0 aliphatic carbocycles. The standard InChI is InChI=1S/C21H21N3O2/c25-21(26)23-13-11-18-19(12-14-23)22-24(15-16-7-3-1-4-8-16)20(18)17-9-5-2-6-10-17/h1-10H,11-15H2,(H,25,26). The monoisotopic (exact) mass is 347 g/mol. The van der Waals surface area contributed by atoms with E-state index in [1.165, 1.54) is 16.0 Å². The molecule has 1 N–H and O–H groups in total. The van der Waals surface area contributed by atoms with Crippen molar-refractivity contribution in [2.24, 2.45) is 0 Å². The Kier molecular flexibility index (Phi) is 4.44. The van der Waals surface area contributed by atoms with Crippen LogP contribution in [0.15, 0.2) is 60.7 Å². The SMILES string of the molecule is O=C(O)N1CCc2nn(Cc3ccccc3)c(-c3ccccc3)c2CC1. The fourth-order valence-electron chi connectivity index (χ4n) is 3.59. The zero-order chi connectivity index (χ0) is 17.9. The number of benzene rings is 2. The Morgan fingerprint density at radius 1 is 0.962 bits per heavy atom. The van der Waals surface area contributed by atoms with Crippen molar-refractivity contribution in [1.82, 2.24) is 14.7 Å². The molecule has 2 heterocycles. The van der Waals surface area contributed by atoms with Crippen LogP contribution in [-0.4, -0.2) is 39.0 Å². The summed E-state index contributed by atoms with van der Waals surface area (Å²) in [6.07, 6.45) is 0.498. The van der Waals surface area contributed by atoms with E-state index in [1.807, 2.05) is 36.4 Å². The summed E-state index contributed by atoms with van der Waals surface area (Å²) in [6.45, 7) is 1.72. The Labute approximate surface area is 152 Å². The van der Waals surface area contributed by atoms with Gasteiger partial charge in [0, 0.05) is 30.6 Å². The molecule has 0 unspecified atom stereocenters. The first-order valence-electron chi connectivity index (χ1n) is 8.88. The van der Waals surface area contributed by atoms with Crippen molar-refractivity contribution in [2.45, 2.75) is 19.4 Å². The van der Waals surface area contributed by atoms with Crippen LogP contribution in [0.1, 0.15) is 16.8 Å². The lowest BCUT2D eigenvalue weighted by molar-refractivity contribution is 0.147. The number of aromatic nitrogens is 2. The minimum atomic E-state index is -0.853. The Morgan fingerprint density at radius 2 is 1.62 bits per heavy atom. The average molecular weight is 347 g/mol. The van der Waals surface area contributed by atoms with Gasteiger partial charge in [-0.1, -0.05) is 60.7 Å². The first-order valence-corrected chi connectivity index (χ1v) is 8.88. The molecule has 0 saturated carbocycles. The van der Waals surface area contributed by atoms with Crippen LogP contribution in [0.5, 0.6) is 0 Å². The largest absolute Gasteiger partial charge is 0.465 e. The number of rotatable bonds is 3. The molecular formula is C21H21N3O2. The highest BCUT2D eigenvalue weighted by molar-refractivity contribution is 5.67. The van der Waals surface area contributed by atoms with Crippen LogP contribution in [0.4, 0.5) is 4.79 Å². The summed E-state index contributed by atoms with van der Waals surface area (Å²) in [5.41, 5.74) is 5.63. The molecule has 1 aliphatic heterocycles. The van der Waals surface area contributed by atoms with Crippen LogP contribution < -0.4 is 0 Å². The van der Waals surface area contributed by atoms with Gasteiger partial charge in [0.1, 0.15) is 0 Å². The van der Waals surface area contributed by atoms with Crippen molar-refractivity contribution in [3.63, 3.8) is 0 Å². The summed E-state index contributed by atoms with van der Waals surface area (Å²) in [5, 5.41) is 14.2. The molecule has 0 bridgehead atoms. The number of carbonyl (C=O) groups is 1. The van der Waals surface area contributed by atoms with Gasteiger partial charge >= 0.3 is 6.09 Å². The van der Waals surface area contributed by atoms with E-state index in [2.05, 4.69) is 28.9 Å². The Balaban J connectivity index is 1.76. The lowest BCUT2D eigenvalue weighted by Crippen LogP contribution is -2.31. The predicted molar refractivity (Wildman–Crippen MR) is 100 cm³/mol. The number of amides is 1. The molecule has 0 spiro atoms. The smallest absolute Gasteiger partial charge is 0.407 e. The van der Waals surface area contributed by atoms with Gasteiger partial charge in [-0.2, -0.15) is 5.10 Å². The summed E-state index contributed by atoms with van der Waals surface area (Å²) in [5.74, 6) is 0. The molecule has 0 radical (unpaired) electrons. The highest BCUT2D eigenvalue weighted by atomic mass is 16.4. The normalized spacial score (nSPS) is 13.9. The minimum Gasteiger partial charge on any atom is -0.465 e. The van der Waals surface area contributed by atoms with Gasteiger partial charge in [0.15, 0.2) is 0 Å². The van der Waals surface area contributed by atoms with Gasteiger partial charge in [-0.3, -0.25) is 4.68 Å². The number of hydrogen-bond donors (Lipinski definition) is 1. The third-order valence-corrected chi connectivity index (χ3v) is 4.88. The topological polar surface area (TPSA) is 58.4 Å². The van der Waals surface area contributed by atoms with E-state index in [1.54, 1.807) is 0 Å². The van der Waals surface area contributed by atoms with Gasteiger partial charge in [-0.15, -0.1) is 0 Å². The summed E-state index contributed by atoms with van der Waals surface area (Å²) in [7, 11) is 0. The van der Waals surface area contributed by atoms with E-state index in [0.717, 1.165) is 17.0 Å². The minimum absolute atomic E-state index is 0.499. The maximum atomic E-state index is 11.3. The quantitative estimate of drug-likeness (QED) is 0.786. The van der Waals surface area contributed by atoms with E-state index in [0.29, 0.717) is 32.5 Å². The number of nitrogens with zero attached hydrogens (tertiary/aromatic N) is 3. The van der Waals surface area contributed by atoms with Gasteiger partial charge < -0.3 is 10.0 Å². The fraction of sp³-hybridized carbons (Fsp3) is 0.238. The lowest BCUT2D eigenvalue weighted by Gasteiger charge is -2.16. The molecule has 0 fully saturated rings. The molecule has 0 atom stereocenters. The lowest BCUT2D eigenvalue weighted by atomic mass is 10.0. The fourth-order valence-corrected chi connectivity index (χ4v) is 3.59. The van der Waals surface area contributed by atoms with Crippen molar-refractivity contribution in [3.8, 4) is 11.3 Å². The Hall–Kier alpha value is -3.08. The van der Waals surface area contributed by atoms with E-state index >= 15 is 0 Å². The molecule has 0 saturated heterocycles. The molecule has 1 amide bonds. The number of fused-ring (bicyclic) bond motifs is 1. The Bertz CT molecular complexity index is 904. The van der Waals surface area contributed by atoms with Gasteiger partial charge in [-0.25, -0.2) is 4.79 Å². The van der Waals surface area contributed by atoms with Crippen molar-refractivity contribution in [1.29, 1.82) is 0 Å². The number of hydrogen-bond acceptors (Lipinski definition) is 2. The highest BCUT2D eigenvalue weighted by Gasteiger charge is 2.25. The van der Waals surface area contributed by atoms with E-state index in [4.69, 9.17) is 5.10 Å². The molecule has 26 heavy (non-hydrogen) atoms. The molecule has 2 aromatic carbocycles. The molecule has 4 rings (SSSR count). The second-order valence-electron chi connectivity index (χ2n) is 6.55. The zero-order valence-corrected chi connectivity index (χ0v) is 14.5. The summed E-state index contributed by atoms with van der Waals surface area (Å²) < 4.78 is 2.08. The first kappa shape index (κ1) is 16.4. The first-order chi connectivity index (χ1) is 12.7. The average Bonchev–Trinajstić information content (AvgIpc) is 2.86. The molecular weight excluding hydrogens is 326 g/mol. The second-order valence-corrected chi connectivity index (χ2v) is 6.55. The van der Waals surface area contributed by atoms with Crippen molar-refractivity contribution >= 4 is 6.09 Å². The van der Waals surface area contributed by atoms with E-state index in [-0.39, 0.29) is 0 Å². The van der Waals surface area contributed by atoms with Crippen LogP contribution in [0.2, 0.25) is 0 Å². The van der Waals surface area contributed by atoms with Gasteiger partial charge in [0.05, 0.1) is 17.9 Å². The highest BCUT2D eigenvalue weighted by Crippen LogP contribution is 2.29. The summed E-state index contributed by atoms with van der Waals surface area (Å²) in [4.78, 5) is 12.8. The van der Waals surface area contributed by atoms with E-state index in [9.17, 15) is 9.90 Å². The van der Waals surface area contributed by atoms with Crippen LogP contribution in [0, 0.1) is 0 Å². The van der Waals surface area contributed by atoms with Crippen LogP contribution >= 0.6 is 0 Å². The Morgan fingerprint density at radius 3 is 2.31 bits per heavy atom. The predicted octanol–water partition coefficient (Wildman–Crippen LogP) is 3.68. The summed E-state index contributed by atoms with van der Waals surface area (Å²) >= 11 is 0. The van der Waals surface area contributed by atoms with Crippen LogP contribution in [0.3, 0.4) is 0 Å². The van der Waals surface area contributed by atoms with Gasteiger partial charge in [0.2, 0.25) is 0 Å². The van der Waals surface area contributed by atoms with Crippen molar-refractivity contribution in [3.05, 3.63) is 77.5 Å². The molecule has 1 aliphatic rings. The molecule has 1 aromatic heterocycles. The van der Waals surface area contributed by atoms with Gasteiger partial charge in [0.25, 0.3) is 0 Å². The van der Waals surface area contributed by atoms with Crippen molar-refractivity contribution in [2.75, 3.05) is 13.1 Å². The molecule has 132 valence electrons. The molecule has 5 heteroatoms. The number of carboxylic acid groups (broad SMARTS) is 1. The molecule has 3 aromatic rings. The maximum Gasteiger partial charge on any atom is 0.407 e. The van der Waals surface area contributed by atoms with Gasteiger partial charge in [-0.05, 0) is 12.0 Å². The third-order valence-electron chi connectivity index (χ3n) is 4.88.